The first-order valence-electron chi connectivity index (χ1n) is 4.59. The molecule has 0 spiro atoms. The fourth-order valence-corrected chi connectivity index (χ4v) is 0.333. The quantitative estimate of drug-likeness (QED) is 0.534. The van der Waals surface area contributed by atoms with E-state index in [4.69, 9.17) is 0 Å². The SMILES string of the molecule is C=C.C=CCC.CCC=CCC. The Bertz CT molecular complexity index is 74.0. The van der Waals surface area contributed by atoms with Gasteiger partial charge in [-0.3, -0.25) is 0 Å². The largest absolute Gasteiger partial charge is 0.106 e. The average Bonchev–Trinajstić information content (AvgIpc) is 2.18. The number of allylic oxidation sites excluding steroid dienone is 3. The minimum atomic E-state index is 1.08. The van der Waals surface area contributed by atoms with Crippen molar-refractivity contribution in [2.75, 3.05) is 0 Å². The molecule has 0 heterocycles. The van der Waals surface area contributed by atoms with Crippen LogP contribution in [0.2, 0.25) is 0 Å². The van der Waals surface area contributed by atoms with E-state index < -0.39 is 0 Å². The molecule has 0 heteroatoms. The summed E-state index contributed by atoms with van der Waals surface area (Å²) in [6, 6.07) is 0. The van der Waals surface area contributed by atoms with Gasteiger partial charge < -0.3 is 0 Å². The molecule has 0 aliphatic heterocycles. The molecule has 0 radical (unpaired) electrons. The lowest BCUT2D eigenvalue weighted by atomic mass is 10.4. The first-order valence-corrected chi connectivity index (χ1v) is 4.59. The molecule has 0 saturated heterocycles. The Hall–Kier alpha value is -0.780. The van der Waals surface area contributed by atoms with Crippen molar-refractivity contribution in [3.63, 3.8) is 0 Å². The first-order chi connectivity index (χ1) is 5.83. The zero-order chi connectivity index (χ0) is 10.2. The molecule has 0 N–H and O–H groups in total. The highest BCUT2D eigenvalue weighted by Gasteiger charge is 1.60. The van der Waals surface area contributed by atoms with Gasteiger partial charge in [0.05, 0.1) is 0 Å². The fraction of sp³-hybridized carbons (Fsp3) is 0.500. The fourth-order valence-electron chi connectivity index (χ4n) is 0.333. The highest BCUT2D eigenvalue weighted by molar-refractivity contribution is 4.77. The zero-order valence-corrected chi connectivity index (χ0v) is 8.97. The lowest BCUT2D eigenvalue weighted by Crippen LogP contribution is -1.51. The van der Waals surface area contributed by atoms with E-state index in [9.17, 15) is 0 Å². The van der Waals surface area contributed by atoms with Crippen molar-refractivity contribution in [3.8, 4) is 0 Å². The van der Waals surface area contributed by atoms with Crippen molar-refractivity contribution < 1.29 is 0 Å². The molecule has 72 valence electrons. The van der Waals surface area contributed by atoms with E-state index in [1.165, 1.54) is 12.8 Å². The summed E-state index contributed by atoms with van der Waals surface area (Å²) in [5, 5.41) is 0. The molecule has 0 aromatic carbocycles. The smallest absolute Gasteiger partial charge is 0.0379 e. The van der Waals surface area contributed by atoms with Crippen LogP contribution in [-0.2, 0) is 0 Å². The Labute approximate surface area is 78.7 Å². The van der Waals surface area contributed by atoms with Crippen LogP contribution < -0.4 is 0 Å². The van der Waals surface area contributed by atoms with E-state index in [0.29, 0.717) is 0 Å². The Morgan fingerprint density at radius 2 is 1.08 bits per heavy atom. The Balaban J connectivity index is -0.000000118. The van der Waals surface area contributed by atoms with Crippen LogP contribution in [0.3, 0.4) is 0 Å². The van der Waals surface area contributed by atoms with Gasteiger partial charge in [-0.05, 0) is 19.3 Å². The van der Waals surface area contributed by atoms with Gasteiger partial charge in [-0.1, -0.05) is 39.0 Å². The molecule has 0 rings (SSSR count). The van der Waals surface area contributed by atoms with Crippen LogP contribution in [0.15, 0.2) is 38.0 Å². The number of hydrogen-bond acceptors (Lipinski definition) is 0. The average molecular weight is 168 g/mol. The lowest BCUT2D eigenvalue weighted by molar-refractivity contribution is 1.16. The molecule has 0 fully saturated rings. The van der Waals surface area contributed by atoms with Gasteiger partial charge in [0.15, 0.2) is 0 Å². The zero-order valence-electron chi connectivity index (χ0n) is 8.97. The first kappa shape index (κ1) is 17.3. The van der Waals surface area contributed by atoms with Crippen LogP contribution >= 0.6 is 0 Å². The monoisotopic (exact) mass is 168 g/mol. The van der Waals surface area contributed by atoms with Crippen molar-refractivity contribution in [3.05, 3.63) is 38.0 Å². The standard InChI is InChI=1S/C6H12.C4H8.C2H4/c1-3-5-6-4-2;1-3-4-2;1-2/h5-6H,3-4H2,1-2H3;3H,1,4H2,2H3;1-2H2. The molecule has 12 heavy (non-hydrogen) atoms. The van der Waals surface area contributed by atoms with Gasteiger partial charge in [0, 0.05) is 0 Å². The van der Waals surface area contributed by atoms with Crippen molar-refractivity contribution in [1.82, 2.24) is 0 Å². The normalized spacial score (nSPS) is 7.58. The Kier molecular flexibility index (Phi) is 46.1. The van der Waals surface area contributed by atoms with E-state index in [1.807, 2.05) is 6.08 Å². The molecule has 0 atom stereocenters. The molecular formula is C12H24. The van der Waals surface area contributed by atoms with Gasteiger partial charge in [0.2, 0.25) is 0 Å². The molecule has 0 saturated carbocycles. The third-order valence-corrected chi connectivity index (χ3v) is 0.927. The second-order valence-corrected chi connectivity index (χ2v) is 1.98. The topological polar surface area (TPSA) is 0 Å². The van der Waals surface area contributed by atoms with Gasteiger partial charge in [0.25, 0.3) is 0 Å². The van der Waals surface area contributed by atoms with Crippen molar-refractivity contribution in [2.45, 2.75) is 40.0 Å². The van der Waals surface area contributed by atoms with Gasteiger partial charge in [-0.25, -0.2) is 0 Å². The highest BCUT2D eigenvalue weighted by Crippen LogP contribution is 1.81. The van der Waals surface area contributed by atoms with E-state index in [0.717, 1.165) is 6.42 Å². The van der Waals surface area contributed by atoms with Crippen molar-refractivity contribution in [2.24, 2.45) is 0 Å². The molecule has 0 nitrogen and oxygen atoms in total. The van der Waals surface area contributed by atoms with Crippen LogP contribution in [0.5, 0.6) is 0 Å². The maximum Gasteiger partial charge on any atom is -0.0379 e. The molecule has 0 aliphatic carbocycles. The summed E-state index contributed by atoms with van der Waals surface area (Å²) in [6.45, 7) is 15.8. The second kappa shape index (κ2) is 31.9. The summed E-state index contributed by atoms with van der Waals surface area (Å²) in [7, 11) is 0. The van der Waals surface area contributed by atoms with Gasteiger partial charge in [-0.2, -0.15) is 0 Å². The van der Waals surface area contributed by atoms with E-state index in [2.05, 4.69) is 52.7 Å². The van der Waals surface area contributed by atoms with Crippen LogP contribution in [-0.4, -0.2) is 0 Å². The van der Waals surface area contributed by atoms with Crippen molar-refractivity contribution in [1.29, 1.82) is 0 Å². The predicted octanol–water partition coefficient (Wildman–Crippen LogP) is 4.75. The maximum atomic E-state index is 3.48. The molecule has 0 unspecified atom stereocenters. The maximum absolute atomic E-state index is 3.48. The summed E-state index contributed by atoms with van der Waals surface area (Å²) in [6.07, 6.45) is 9.67. The summed E-state index contributed by atoms with van der Waals surface area (Å²) >= 11 is 0. The molecule has 0 aromatic heterocycles. The van der Waals surface area contributed by atoms with Crippen LogP contribution in [0.1, 0.15) is 40.0 Å². The van der Waals surface area contributed by atoms with Crippen LogP contribution in [0, 0.1) is 0 Å². The van der Waals surface area contributed by atoms with Crippen molar-refractivity contribution >= 4 is 0 Å². The number of hydrogen-bond donors (Lipinski definition) is 0. The summed E-state index contributed by atoms with van der Waals surface area (Å²) in [5.74, 6) is 0. The number of rotatable bonds is 3. The summed E-state index contributed by atoms with van der Waals surface area (Å²) < 4.78 is 0. The predicted molar refractivity (Wildman–Crippen MR) is 61.5 cm³/mol. The Morgan fingerprint density at radius 1 is 0.833 bits per heavy atom. The van der Waals surface area contributed by atoms with E-state index >= 15 is 0 Å². The molecule has 0 aliphatic rings. The van der Waals surface area contributed by atoms with E-state index in [-0.39, 0.29) is 0 Å². The highest BCUT2D eigenvalue weighted by atomic mass is 13.7. The van der Waals surface area contributed by atoms with Crippen LogP contribution in [0.25, 0.3) is 0 Å². The molecule has 0 amide bonds. The molecular weight excluding hydrogens is 144 g/mol. The molecule has 0 bridgehead atoms. The Morgan fingerprint density at radius 3 is 1.17 bits per heavy atom. The minimum absolute atomic E-state index is 1.08. The lowest BCUT2D eigenvalue weighted by Gasteiger charge is -1.72. The third-order valence-electron chi connectivity index (χ3n) is 0.927. The van der Waals surface area contributed by atoms with Gasteiger partial charge in [-0.15, -0.1) is 19.7 Å². The van der Waals surface area contributed by atoms with E-state index in [1.54, 1.807) is 0 Å². The minimum Gasteiger partial charge on any atom is -0.106 e. The van der Waals surface area contributed by atoms with Gasteiger partial charge >= 0.3 is 0 Å². The van der Waals surface area contributed by atoms with Crippen LogP contribution in [0.4, 0.5) is 0 Å². The second-order valence-electron chi connectivity index (χ2n) is 1.98. The third kappa shape index (κ3) is 60.1. The molecule has 0 aromatic rings. The van der Waals surface area contributed by atoms with Gasteiger partial charge in [0.1, 0.15) is 0 Å². The summed E-state index contributed by atoms with van der Waals surface area (Å²) in [4.78, 5) is 0. The summed E-state index contributed by atoms with van der Waals surface area (Å²) in [5.41, 5.74) is 0.